The van der Waals surface area contributed by atoms with Gasteiger partial charge in [-0.05, 0) is 36.8 Å². The summed E-state index contributed by atoms with van der Waals surface area (Å²) >= 11 is 0. The van der Waals surface area contributed by atoms with Gasteiger partial charge in [-0.2, -0.15) is 0 Å². The normalized spacial score (nSPS) is 13.8. The minimum Gasteiger partial charge on any atom is -0.477 e. The van der Waals surface area contributed by atoms with Crippen LogP contribution in [0.2, 0.25) is 0 Å². The molecule has 5 rings (SSSR count). The molecule has 0 unspecified atom stereocenters. The Hall–Kier alpha value is -4.20. The van der Waals surface area contributed by atoms with Crippen molar-refractivity contribution in [2.45, 2.75) is 19.9 Å². The van der Waals surface area contributed by atoms with Gasteiger partial charge in [0.15, 0.2) is 5.78 Å². The number of H-pyrrole nitrogens is 1. The van der Waals surface area contributed by atoms with Gasteiger partial charge in [-0.25, -0.2) is 13.6 Å². The van der Waals surface area contributed by atoms with Crippen molar-refractivity contribution < 1.29 is 23.5 Å². The Morgan fingerprint density at radius 2 is 1.97 bits per heavy atom. The maximum Gasteiger partial charge on any atom is 0.353 e. The van der Waals surface area contributed by atoms with E-state index in [1.165, 1.54) is 22.8 Å². The van der Waals surface area contributed by atoms with E-state index >= 15 is 0 Å². The molecule has 4 N–H and O–H groups in total. The lowest BCUT2D eigenvalue weighted by Gasteiger charge is -2.12. The van der Waals surface area contributed by atoms with Gasteiger partial charge < -0.3 is 20.4 Å². The third-order valence-electron chi connectivity index (χ3n) is 6.03. The Labute approximate surface area is 186 Å². The van der Waals surface area contributed by atoms with Crippen LogP contribution in [0.5, 0.6) is 0 Å². The molecule has 0 atom stereocenters. The van der Waals surface area contributed by atoms with Gasteiger partial charge in [0.2, 0.25) is 0 Å². The van der Waals surface area contributed by atoms with E-state index in [4.69, 9.17) is 5.73 Å². The summed E-state index contributed by atoms with van der Waals surface area (Å²) in [5.74, 6) is -2.63. The number of aromatic carboxylic acids is 1. The standard InChI is InChI=1S/C25H19F2N3O3/c1-12-6-16-21(9-17(12)26)30(11-13-7-15-19(28)10-29-20(15)8-18(13)27)24(25(32)33)23(16)14-4-2-3-5-22(14)31/h2-4,6-10,29H,5,11,28H2,1H3,(H,32,33). The number of carbonyl (C=O) groups is 2. The number of aryl methyl sites for hydroxylation is 1. The number of nitrogens with zero attached hydrogens (tertiary/aromatic N) is 1. The first-order chi connectivity index (χ1) is 15.8. The maximum absolute atomic E-state index is 14.9. The number of anilines is 1. The highest BCUT2D eigenvalue weighted by molar-refractivity contribution is 6.27. The second-order valence-corrected chi connectivity index (χ2v) is 8.10. The number of hydrogen-bond acceptors (Lipinski definition) is 3. The number of nitrogens with one attached hydrogen (secondary N) is 1. The highest BCUT2D eigenvalue weighted by Gasteiger charge is 2.29. The van der Waals surface area contributed by atoms with Crippen LogP contribution in [0.25, 0.3) is 27.4 Å². The van der Waals surface area contributed by atoms with Crippen molar-refractivity contribution in [1.29, 1.82) is 0 Å². The lowest BCUT2D eigenvalue weighted by molar-refractivity contribution is -0.113. The van der Waals surface area contributed by atoms with E-state index in [9.17, 15) is 23.5 Å². The number of carboxylic acids is 1. The molecule has 0 bridgehead atoms. The number of ketones is 1. The molecule has 0 fully saturated rings. The highest BCUT2D eigenvalue weighted by atomic mass is 19.1. The molecule has 1 aliphatic rings. The lowest BCUT2D eigenvalue weighted by atomic mass is 9.93. The topological polar surface area (TPSA) is 101 Å². The molecule has 0 radical (unpaired) electrons. The van der Waals surface area contributed by atoms with Gasteiger partial charge in [-0.3, -0.25) is 4.79 Å². The summed E-state index contributed by atoms with van der Waals surface area (Å²) in [6.07, 6.45) is 6.61. The molecule has 6 nitrogen and oxygen atoms in total. The van der Waals surface area contributed by atoms with E-state index < -0.39 is 17.6 Å². The van der Waals surface area contributed by atoms with Gasteiger partial charge in [0.05, 0.1) is 23.3 Å². The van der Waals surface area contributed by atoms with Gasteiger partial charge in [0.25, 0.3) is 0 Å². The number of Topliss-reactive ketones (excluding diaryl/α,β-unsaturated/α-hetero) is 1. The smallest absolute Gasteiger partial charge is 0.353 e. The van der Waals surface area contributed by atoms with Crippen LogP contribution in [0, 0.1) is 18.6 Å². The molecule has 4 aromatic rings. The number of nitrogen functional groups attached to an aromatic ring is 1. The van der Waals surface area contributed by atoms with Crippen LogP contribution in [0.15, 0.2) is 48.7 Å². The van der Waals surface area contributed by atoms with Crippen LogP contribution in [0.1, 0.15) is 33.6 Å². The number of aromatic nitrogens is 2. The van der Waals surface area contributed by atoms with Crippen LogP contribution in [0.4, 0.5) is 14.5 Å². The number of rotatable bonds is 4. The number of carboxylic acid groups (broad SMARTS) is 1. The van der Waals surface area contributed by atoms with Crippen LogP contribution in [-0.2, 0) is 11.3 Å². The molecular weight excluding hydrogens is 428 g/mol. The van der Waals surface area contributed by atoms with Gasteiger partial charge >= 0.3 is 5.97 Å². The molecular formula is C25H19F2N3O3. The van der Waals surface area contributed by atoms with Crippen molar-refractivity contribution in [1.82, 2.24) is 9.55 Å². The van der Waals surface area contributed by atoms with E-state index in [2.05, 4.69) is 4.98 Å². The fourth-order valence-electron chi connectivity index (χ4n) is 4.40. The molecule has 0 aliphatic heterocycles. The third-order valence-corrected chi connectivity index (χ3v) is 6.03. The second-order valence-electron chi connectivity index (χ2n) is 8.10. The van der Waals surface area contributed by atoms with Gasteiger partial charge in [0, 0.05) is 40.1 Å². The first-order valence-electron chi connectivity index (χ1n) is 10.3. The minimum atomic E-state index is -1.30. The lowest BCUT2D eigenvalue weighted by Crippen LogP contribution is -2.14. The average molecular weight is 447 g/mol. The summed E-state index contributed by atoms with van der Waals surface area (Å²) in [5, 5.41) is 11.2. The van der Waals surface area contributed by atoms with E-state index in [1.54, 1.807) is 37.4 Å². The van der Waals surface area contributed by atoms with E-state index in [1.807, 2.05) is 0 Å². The number of aromatic amines is 1. The Balaban J connectivity index is 1.82. The van der Waals surface area contributed by atoms with Crippen molar-refractivity contribution in [2.24, 2.45) is 0 Å². The third kappa shape index (κ3) is 3.22. The molecule has 0 saturated heterocycles. The predicted molar refractivity (Wildman–Crippen MR) is 122 cm³/mol. The van der Waals surface area contributed by atoms with Crippen LogP contribution in [-0.4, -0.2) is 26.4 Å². The summed E-state index contributed by atoms with van der Waals surface area (Å²) in [7, 11) is 0. The van der Waals surface area contributed by atoms with E-state index in [0.29, 0.717) is 27.5 Å². The van der Waals surface area contributed by atoms with Gasteiger partial charge in [-0.15, -0.1) is 0 Å². The van der Waals surface area contributed by atoms with Crippen molar-refractivity contribution in [3.05, 3.63) is 82.7 Å². The molecule has 33 heavy (non-hydrogen) atoms. The van der Waals surface area contributed by atoms with Gasteiger partial charge in [-0.1, -0.05) is 18.2 Å². The molecule has 8 heteroatoms. The zero-order chi connectivity index (χ0) is 23.4. The minimum absolute atomic E-state index is 0.135. The number of hydrogen-bond donors (Lipinski definition) is 3. The predicted octanol–water partition coefficient (Wildman–Crippen LogP) is 4.95. The Kier molecular flexibility index (Phi) is 4.67. The molecule has 2 aromatic heterocycles. The van der Waals surface area contributed by atoms with E-state index in [0.717, 1.165) is 0 Å². The molecule has 2 aromatic carbocycles. The summed E-state index contributed by atoms with van der Waals surface area (Å²) in [4.78, 5) is 28.0. The van der Waals surface area contributed by atoms with E-state index in [-0.39, 0.29) is 46.7 Å². The molecule has 1 aliphatic carbocycles. The zero-order valence-electron chi connectivity index (χ0n) is 17.6. The Bertz CT molecular complexity index is 1560. The Morgan fingerprint density at radius 1 is 1.18 bits per heavy atom. The van der Waals surface area contributed by atoms with Crippen molar-refractivity contribution in [3.8, 4) is 0 Å². The summed E-state index contributed by atoms with van der Waals surface area (Å²) in [6, 6.07) is 5.59. The second kappa shape index (κ2) is 7.44. The van der Waals surface area contributed by atoms with Crippen LogP contribution < -0.4 is 5.73 Å². The molecule has 0 spiro atoms. The summed E-state index contributed by atoms with van der Waals surface area (Å²) in [6.45, 7) is 1.37. The molecule has 0 amide bonds. The largest absolute Gasteiger partial charge is 0.477 e. The molecule has 2 heterocycles. The number of carbonyl (C=O) groups excluding carboxylic acids is 1. The number of fused-ring (bicyclic) bond motifs is 2. The first kappa shape index (κ1) is 20.7. The summed E-state index contributed by atoms with van der Waals surface area (Å²) in [5.41, 5.74) is 7.88. The number of nitrogens with two attached hydrogens (primary N) is 1. The molecule has 0 saturated carbocycles. The fourth-order valence-corrected chi connectivity index (χ4v) is 4.40. The molecule has 166 valence electrons. The zero-order valence-corrected chi connectivity index (χ0v) is 17.6. The van der Waals surface area contributed by atoms with Crippen LogP contribution >= 0.6 is 0 Å². The number of benzene rings is 2. The van der Waals surface area contributed by atoms with Crippen molar-refractivity contribution in [3.63, 3.8) is 0 Å². The SMILES string of the molecule is Cc1cc2c(C3=CC=CCC3=O)c(C(=O)O)n(Cc3cc4c(N)c[nH]c4cc3F)c2cc1F. The average Bonchev–Trinajstić information content (AvgIpc) is 3.27. The fraction of sp³-hybridized carbons (Fsp3) is 0.120. The quantitative estimate of drug-likeness (QED) is 0.412. The van der Waals surface area contributed by atoms with Gasteiger partial charge in [0.1, 0.15) is 17.3 Å². The number of halogens is 2. The van der Waals surface area contributed by atoms with Crippen molar-refractivity contribution >= 4 is 44.8 Å². The highest BCUT2D eigenvalue weighted by Crippen LogP contribution is 2.36. The monoisotopic (exact) mass is 447 g/mol. The summed E-state index contributed by atoms with van der Waals surface area (Å²) < 4.78 is 30.9. The van der Waals surface area contributed by atoms with Crippen LogP contribution in [0.3, 0.4) is 0 Å². The first-order valence-corrected chi connectivity index (χ1v) is 10.3. The van der Waals surface area contributed by atoms with Crippen molar-refractivity contribution in [2.75, 3.05) is 5.73 Å². The Morgan fingerprint density at radius 3 is 2.70 bits per heavy atom. The maximum atomic E-state index is 14.9. The number of allylic oxidation sites excluding steroid dienone is 4.